The Morgan fingerprint density at radius 2 is 1.79 bits per heavy atom. The van der Waals surface area contributed by atoms with Crippen molar-refractivity contribution in [2.75, 3.05) is 19.0 Å². The number of rotatable bonds is 10. The number of aliphatic hydroxyl groups excluding tert-OH is 1. The molecular formula is C20H23F2NO4S. The highest BCUT2D eigenvalue weighted by Crippen LogP contribution is 2.32. The highest BCUT2D eigenvalue weighted by Gasteiger charge is 2.25. The third-order valence-electron chi connectivity index (χ3n) is 4.53. The van der Waals surface area contributed by atoms with Crippen molar-refractivity contribution in [1.29, 1.82) is 0 Å². The van der Waals surface area contributed by atoms with Crippen LogP contribution in [-0.4, -0.2) is 32.5 Å². The number of aliphatic hydroxyl groups is 1. The van der Waals surface area contributed by atoms with Gasteiger partial charge in [0.05, 0.1) is 18.4 Å². The lowest BCUT2D eigenvalue weighted by Crippen LogP contribution is -2.31. The number of nitrogens with one attached hydrogen (secondary N) is 1. The second-order valence-corrected chi connectivity index (χ2v) is 8.82. The summed E-state index contributed by atoms with van der Waals surface area (Å²) in [4.78, 5) is 0. The Bertz CT molecular complexity index is 899. The van der Waals surface area contributed by atoms with Gasteiger partial charge in [-0.05, 0) is 60.6 Å². The Balaban J connectivity index is 1.91. The maximum atomic E-state index is 14.1. The maximum absolute atomic E-state index is 14.1. The molecule has 0 spiro atoms. The summed E-state index contributed by atoms with van der Waals surface area (Å²) in [7, 11) is -3.73. The van der Waals surface area contributed by atoms with Crippen molar-refractivity contribution in [2.45, 2.75) is 25.3 Å². The number of benzene rings is 2. The van der Waals surface area contributed by atoms with Crippen LogP contribution < -0.4 is 9.46 Å². The van der Waals surface area contributed by atoms with Gasteiger partial charge < -0.3 is 9.84 Å². The van der Waals surface area contributed by atoms with Gasteiger partial charge in [-0.25, -0.2) is 21.9 Å². The largest absolute Gasteiger partial charge is 0.490 e. The number of sulfonamides is 1. The topological polar surface area (TPSA) is 75.6 Å². The fraction of sp³-hybridized carbons (Fsp3) is 0.400. The molecule has 8 heteroatoms. The van der Waals surface area contributed by atoms with Gasteiger partial charge in [0.2, 0.25) is 10.0 Å². The monoisotopic (exact) mass is 411 g/mol. The van der Waals surface area contributed by atoms with E-state index in [2.05, 4.69) is 4.72 Å². The van der Waals surface area contributed by atoms with Gasteiger partial charge in [-0.15, -0.1) is 0 Å². The van der Waals surface area contributed by atoms with E-state index in [4.69, 9.17) is 9.84 Å². The average Bonchev–Trinajstić information content (AvgIpc) is 3.49. The van der Waals surface area contributed by atoms with Gasteiger partial charge in [0.15, 0.2) is 11.6 Å². The van der Waals surface area contributed by atoms with Crippen molar-refractivity contribution in [3.63, 3.8) is 0 Å². The van der Waals surface area contributed by atoms with E-state index in [1.807, 2.05) is 0 Å². The van der Waals surface area contributed by atoms with Gasteiger partial charge in [0.25, 0.3) is 0 Å². The van der Waals surface area contributed by atoms with Crippen molar-refractivity contribution < 1.29 is 27.0 Å². The summed E-state index contributed by atoms with van der Waals surface area (Å²) in [5.74, 6) is -0.726. The first-order valence-electron chi connectivity index (χ1n) is 9.16. The molecule has 0 amide bonds. The van der Waals surface area contributed by atoms with Gasteiger partial charge >= 0.3 is 0 Å². The second-order valence-electron chi connectivity index (χ2n) is 6.94. The normalized spacial score (nSPS) is 15.4. The average molecular weight is 411 g/mol. The minimum absolute atomic E-state index is 0.0612. The van der Waals surface area contributed by atoms with E-state index in [9.17, 15) is 17.2 Å². The summed E-state index contributed by atoms with van der Waals surface area (Å²) in [5.41, 5.74) is 0.986. The first-order chi connectivity index (χ1) is 13.4. The van der Waals surface area contributed by atoms with Crippen LogP contribution in [0.25, 0.3) is 0 Å². The summed E-state index contributed by atoms with van der Waals surface area (Å²) >= 11 is 0. The van der Waals surface area contributed by atoms with Crippen LogP contribution in [0.5, 0.6) is 5.75 Å². The van der Waals surface area contributed by atoms with Crippen LogP contribution in [0.2, 0.25) is 0 Å². The Kier molecular flexibility index (Phi) is 6.64. The summed E-state index contributed by atoms with van der Waals surface area (Å²) in [6.07, 6.45) is 2.21. The van der Waals surface area contributed by atoms with Crippen LogP contribution in [0.1, 0.15) is 36.4 Å². The lowest BCUT2D eigenvalue weighted by Gasteiger charge is -2.21. The van der Waals surface area contributed by atoms with E-state index in [1.54, 1.807) is 0 Å². The molecule has 0 heterocycles. The molecule has 28 heavy (non-hydrogen) atoms. The molecular weight excluding hydrogens is 388 g/mol. The van der Waals surface area contributed by atoms with Crippen LogP contribution in [-0.2, 0) is 10.0 Å². The van der Waals surface area contributed by atoms with E-state index in [0.717, 1.165) is 12.8 Å². The molecule has 0 aliphatic heterocycles. The van der Waals surface area contributed by atoms with Gasteiger partial charge in [-0.2, -0.15) is 0 Å². The van der Waals surface area contributed by atoms with E-state index >= 15 is 0 Å². The smallest absolute Gasteiger partial charge is 0.212 e. The number of hydrogen-bond acceptors (Lipinski definition) is 4. The summed E-state index contributed by atoms with van der Waals surface area (Å²) < 4.78 is 60.3. The number of ether oxygens (including phenoxy) is 1. The molecule has 0 unspecified atom stereocenters. The minimum Gasteiger partial charge on any atom is -0.490 e. The molecule has 0 bridgehead atoms. The first-order valence-corrected chi connectivity index (χ1v) is 10.8. The maximum Gasteiger partial charge on any atom is 0.212 e. The Morgan fingerprint density at radius 1 is 1.11 bits per heavy atom. The Morgan fingerprint density at radius 3 is 2.43 bits per heavy atom. The van der Waals surface area contributed by atoms with E-state index in [1.165, 1.54) is 42.5 Å². The van der Waals surface area contributed by atoms with Crippen LogP contribution in [0.4, 0.5) is 8.78 Å². The standard InChI is InChI=1S/C20H23F2NO4S/c21-17-7-4-15(5-8-17)20(23-28(25,26)11-1-10-24)16-6-9-18(22)19(12-16)27-13-14-2-3-14/h4-9,12,14,20,23-24H,1-3,10-11,13H2/t20-/m1/s1. The number of hydrogen-bond donors (Lipinski definition) is 2. The molecule has 152 valence electrons. The fourth-order valence-electron chi connectivity index (χ4n) is 2.78. The van der Waals surface area contributed by atoms with Crippen LogP contribution in [0.3, 0.4) is 0 Å². The molecule has 3 rings (SSSR count). The molecule has 2 N–H and O–H groups in total. The van der Waals surface area contributed by atoms with E-state index in [-0.39, 0.29) is 24.5 Å². The lowest BCUT2D eigenvalue weighted by molar-refractivity contribution is 0.285. The van der Waals surface area contributed by atoms with Crippen molar-refractivity contribution in [2.24, 2.45) is 5.92 Å². The highest BCUT2D eigenvalue weighted by atomic mass is 32.2. The Hall–Kier alpha value is -2.03. The molecule has 1 saturated carbocycles. The summed E-state index contributed by atoms with van der Waals surface area (Å²) in [6.45, 7) is 0.168. The quantitative estimate of drug-likeness (QED) is 0.630. The van der Waals surface area contributed by atoms with Gasteiger partial charge in [-0.3, -0.25) is 0 Å². The molecule has 0 saturated heterocycles. The molecule has 5 nitrogen and oxygen atoms in total. The zero-order valence-corrected chi connectivity index (χ0v) is 16.1. The predicted molar refractivity (Wildman–Crippen MR) is 101 cm³/mol. The van der Waals surface area contributed by atoms with E-state index < -0.39 is 27.7 Å². The van der Waals surface area contributed by atoms with Gasteiger partial charge in [-0.1, -0.05) is 18.2 Å². The van der Waals surface area contributed by atoms with Crippen molar-refractivity contribution in [3.05, 3.63) is 65.2 Å². The lowest BCUT2D eigenvalue weighted by atomic mass is 9.99. The van der Waals surface area contributed by atoms with Crippen molar-refractivity contribution in [1.82, 2.24) is 4.72 Å². The van der Waals surface area contributed by atoms with Crippen LogP contribution >= 0.6 is 0 Å². The van der Waals surface area contributed by atoms with Crippen LogP contribution in [0.15, 0.2) is 42.5 Å². The fourth-order valence-corrected chi connectivity index (χ4v) is 4.04. The third kappa shape index (κ3) is 5.73. The SMILES string of the molecule is O=S(=O)(CCCO)N[C@H](c1ccc(F)cc1)c1ccc(F)c(OCC2CC2)c1. The van der Waals surface area contributed by atoms with E-state index in [0.29, 0.717) is 23.7 Å². The number of halogens is 2. The first kappa shape index (κ1) is 20.7. The molecule has 0 aromatic heterocycles. The third-order valence-corrected chi connectivity index (χ3v) is 5.95. The summed E-state index contributed by atoms with van der Waals surface area (Å²) in [6, 6.07) is 8.76. The van der Waals surface area contributed by atoms with Gasteiger partial charge in [0.1, 0.15) is 5.82 Å². The molecule has 1 aliphatic carbocycles. The summed E-state index contributed by atoms with van der Waals surface area (Å²) in [5, 5.41) is 8.91. The molecule has 1 fully saturated rings. The predicted octanol–water partition coefficient (Wildman–Crippen LogP) is 3.14. The Labute approximate surface area is 163 Å². The highest BCUT2D eigenvalue weighted by molar-refractivity contribution is 7.89. The minimum atomic E-state index is -3.73. The van der Waals surface area contributed by atoms with Gasteiger partial charge in [0, 0.05) is 6.61 Å². The molecule has 0 radical (unpaired) electrons. The molecule has 1 aliphatic rings. The zero-order valence-electron chi connectivity index (χ0n) is 15.3. The zero-order chi connectivity index (χ0) is 20.1. The molecule has 2 aromatic carbocycles. The molecule has 1 atom stereocenters. The van der Waals surface area contributed by atoms with Crippen LogP contribution in [0, 0.1) is 17.6 Å². The second kappa shape index (κ2) is 8.98. The van der Waals surface area contributed by atoms with Crippen molar-refractivity contribution in [3.8, 4) is 5.75 Å². The van der Waals surface area contributed by atoms with Crippen molar-refractivity contribution >= 4 is 10.0 Å². The molecule has 2 aromatic rings.